The topological polar surface area (TPSA) is 37.4 Å². The maximum atomic E-state index is 11.8. The fourth-order valence-corrected chi connectivity index (χ4v) is 2.73. The number of carbonyl (C=O) groups is 2. The molecule has 1 atom stereocenters. The standard InChI is InChI=1S/C13H13NO2/c15-10-7-12-11-4-2-1-3-9(11)5-6-14(12)13(16)8-10/h1-4,12H,5-8H2. The Labute approximate surface area is 94.1 Å². The first-order valence-electron chi connectivity index (χ1n) is 5.64. The predicted molar refractivity (Wildman–Crippen MR) is 58.8 cm³/mol. The molecule has 2 aliphatic heterocycles. The van der Waals surface area contributed by atoms with Gasteiger partial charge in [-0.2, -0.15) is 0 Å². The monoisotopic (exact) mass is 215 g/mol. The van der Waals surface area contributed by atoms with E-state index in [0.29, 0.717) is 6.42 Å². The van der Waals surface area contributed by atoms with Crippen molar-refractivity contribution in [2.24, 2.45) is 0 Å². The molecule has 3 heteroatoms. The van der Waals surface area contributed by atoms with Crippen LogP contribution in [0.25, 0.3) is 0 Å². The number of ketones is 1. The lowest BCUT2D eigenvalue weighted by molar-refractivity contribution is -0.143. The molecule has 0 aromatic heterocycles. The second-order valence-corrected chi connectivity index (χ2v) is 4.47. The van der Waals surface area contributed by atoms with Crippen LogP contribution in [0.3, 0.4) is 0 Å². The Morgan fingerprint density at radius 3 is 2.88 bits per heavy atom. The van der Waals surface area contributed by atoms with E-state index in [2.05, 4.69) is 6.07 Å². The van der Waals surface area contributed by atoms with Gasteiger partial charge in [0.05, 0.1) is 12.5 Å². The first-order valence-corrected chi connectivity index (χ1v) is 5.64. The van der Waals surface area contributed by atoms with Gasteiger partial charge in [0.15, 0.2) is 0 Å². The Morgan fingerprint density at radius 2 is 2.00 bits per heavy atom. The molecule has 0 aliphatic carbocycles. The van der Waals surface area contributed by atoms with E-state index in [1.807, 2.05) is 23.1 Å². The molecular formula is C13H13NO2. The fourth-order valence-electron chi connectivity index (χ4n) is 2.73. The van der Waals surface area contributed by atoms with Crippen LogP contribution in [0.15, 0.2) is 24.3 Å². The SMILES string of the molecule is O=C1CC(=O)N2CCc3ccccc3C2C1. The summed E-state index contributed by atoms with van der Waals surface area (Å²) < 4.78 is 0. The molecule has 0 N–H and O–H groups in total. The number of Topliss-reactive ketones (excluding diaryl/α,β-unsaturated/α-hetero) is 1. The largest absolute Gasteiger partial charge is 0.334 e. The van der Waals surface area contributed by atoms with Gasteiger partial charge in [0.1, 0.15) is 5.78 Å². The number of amides is 1. The van der Waals surface area contributed by atoms with Gasteiger partial charge in [0.2, 0.25) is 5.91 Å². The summed E-state index contributed by atoms with van der Waals surface area (Å²) in [5.41, 5.74) is 2.45. The second-order valence-electron chi connectivity index (χ2n) is 4.47. The van der Waals surface area contributed by atoms with Gasteiger partial charge in [-0.1, -0.05) is 24.3 Å². The summed E-state index contributed by atoms with van der Waals surface area (Å²) in [6, 6.07) is 8.12. The Kier molecular flexibility index (Phi) is 2.06. The lowest BCUT2D eigenvalue weighted by Gasteiger charge is -2.39. The zero-order valence-corrected chi connectivity index (χ0v) is 8.98. The van der Waals surface area contributed by atoms with Gasteiger partial charge < -0.3 is 4.90 Å². The minimum absolute atomic E-state index is 0.00120. The average Bonchev–Trinajstić information content (AvgIpc) is 2.28. The van der Waals surface area contributed by atoms with E-state index in [9.17, 15) is 9.59 Å². The van der Waals surface area contributed by atoms with Crippen LogP contribution in [-0.2, 0) is 16.0 Å². The Balaban J connectivity index is 2.04. The zero-order valence-electron chi connectivity index (χ0n) is 8.98. The summed E-state index contributed by atoms with van der Waals surface area (Å²) in [6.07, 6.45) is 1.49. The molecule has 0 radical (unpaired) electrons. The van der Waals surface area contributed by atoms with Crippen LogP contribution in [0.4, 0.5) is 0 Å². The van der Waals surface area contributed by atoms with Gasteiger partial charge in [-0.05, 0) is 17.5 Å². The van der Waals surface area contributed by atoms with Gasteiger partial charge in [-0.15, -0.1) is 0 Å². The predicted octanol–water partition coefficient (Wildman–Crippen LogP) is 1.48. The normalized spacial score (nSPS) is 24.0. The summed E-state index contributed by atoms with van der Waals surface area (Å²) in [4.78, 5) is 25.1. The summed E-state index contributed by atoms with van der Waals surface area (Å²) in [5.74, 6) is 0.0682. The molecule has 1 fully saturated rings. The van der Waals surface area contributed by atoms with E-state index < -0.39 is 0 Å². The molecule has 1 amide bonds. The fraction of sp³-hybridized carbons (Fsp3) is 0.385. The smallest absolute Gasteiger partial charge is 0.230 e. The number of hydrogen-bond acceptors (Lipinski definition) is 2. The van der Waals surface area contributed by atoms with Gasteiger partial charge in [0.25, 0.3) is 0 Å². The highest BCUT2D eigenvalue weighted by molar-refractivity contribution is 6.01. The third kappa shape index (κ3) is 1.35. The van der Waals surface area contributed by atoms with E-state index in [0.717, 1.165) is 18.5 Å². The van der Waals surface area contributed by atoms with Gasteiger partial charge in [0, 0.05) is 13.0 Å². The van der Waals surface area contributed by atoms with Gasteiger partial charge in [-0.3, -0.25) is 9.59 Å². The van der Waals surface area contributed by atoms with E-state index in [-0.39, 0.29) is 24.2 Å². The molecule has 1 unspecified atom stereocenters. The van der Waals surface area contributed by atoms with Crippen molar-refractivity contribution in [2.45, 2.75) is 25.3 Å². The third-order valence-corrected chi connectivity index (χ3v) is 3.50. The molecule has 0 saturated carbocycles. The zero-order chi connectivity index (χ0) is 11.1. The maximum absolute atomic E-state index is 11.8. The van der Waals surface area contributed by atoms with Gasteiger partial charge in [-0.25, -0.2) is 0 Å². The molecule has 82 valence electrons. The van der Waals surface area contributed by atoms with Crippen molar-refractivity contribution in [3.8, 4) is 0 Å². The molecule has 3 nitrogen and oxygen atoms in total. The van der Waals surface area contributed by atoms with Crippen molar-refractivity contribution in [3.63, 3.8) is 0 Å². The molecule has 1 saturated heterocycles. The van der Waals surface area contributed by atoms with E-state index in [4.69, 9.17) is 0 Å². The number of nitrogens with zero attached hydrogens (tertiary/aromatic N) is 1. The third-order valence-electron chi connectivity index (χ3n) is 3.50. The Morgan fingerprint density at radius 1 is 1.19 bits per heavy atom. The number of rotatable bonds is 0. The molecular weight excluding hydrogens is 202 g/mol. The molecule has 0 spiro atoms. The van der Waals surface area contributed by atoms with Crippen molar-refractivity contribution in [1.29, 1.82) is 0 Å². The molecule has 1 aromatic carbocycles. The first-order chi connectivity index (χ1) is 7.75. The van der Waals surface area contributed by atoms with Crippen molar-refractivity contribution < 1.29 is 9.59 Å². The van der Waals surface area contributed by atoms with Crippen LogP contribution in [-0.4, -0.2) is 23.1 Å². The highest BCUT2D eigenvalue weighted by atomic mass is 16.2. The number of carbonyl (C=O) groups excluding carboxylic acids is 2. The number of benzene rings is 1. The van der Waals surface area contributed by atoms with Crippen molar-refractivity contribution in [1.82, 2.24) is 4.90 Å². The Bertz CT molecular complexity index is 467. The van der Waals surface area contributed by atoms with Crippen LogP contribution < -0.4 is 0 Å². The highest BCUT2D eigenvalue weighted by Crippen LogP contribution is 2.35. The number of hydrogen-bond donors (Lipinski definition) is 0. The maximum Gasteiger partial charge on any atom is 0.230 e. The summed E-state index contributed by atoms with van der Waals surface area (Å²) in [5, 5.41) is 0. The van der Waals surface area contributed by atoms with Crippen LogP contribution in [0.1, 0.15) is 30.0 Å². The van der Waals surface area contributed by atoms with Crippen molar-refractivity contribution in [2.75, 3.05) is 6.54 Å². The lowest BCUT2D eigenvalue weighted by Crippen LogP contribution is -2.45. The molecule has 2 heterocycles. The number of piperidine rings is 1. The van der Waals surface area contributed by atoms with Crippen molar-refractivity contribution >= 4 is 11.7 Å². The van der Waals surface area contributed by atoms with Crippen LogP contribution in [0.5, 0.6) is 0 Å². The molecule has 3 rings (SSSR count). The minimum atomic E-state index is -0.00393. The summed E-state index contributed by atoms with van der Waals surface area (Å²) in [7, 11) is 0. The molecule has 0 bridgehead atoms. The van der Waals surface area contributed by atoms with Crippen molar-refractivity contribution in [3.05, 3.63) is 35.4 Å². The molecule has 2 aliphatic rings. The van der Waals surface area contributed by atoms with E-state index >= 15 is 0 Å². The lowest BCUT2D eigenvalue weighted by atomic mass is 9.86. The van der Waals surface area contributed by atoms with E-state index in [1.165, 1.54) is 5.56 Å². The number of fused-ring (bicyclic) bond motifs is 3. The summed E-state index contributed by atoms with van der Waals surface area (Å²) in [6.45, 7) is 0.758. The minimum Gasteiger partial charge on any atom is -0.334 e. The molecule has 16 heavy (non-hydrogen) atoms. The van der Waals surface area contributed by atoms with Crippen LogP contribution >= 0.6 is 0 Å². The van der Waals surface area contributed by atoms with Crippen LogP contribution in [0.2, 0.25) is 0 Å². The quantitative estimate of drug-likeness (QED) is 0.615. The first kappa shape index (κ1) is 9.58. The van der Waals surface area contributed by atoms with Gasteiger partial charge >= 0.3 is 0 Å². The summed E-state index contributed by atoms with van der Waals surface area (Å²) >= 11 is 0. The average molecular weight is 215 g/mol. The second kappa shape index (κ2) is 3.44. The highest BCUT2D eigenvalue weighted by Gasteiger charge is 2.36. The van der Waals surface area contributed by atoms with E-state index in [1.54, 1.807) is 0 Å². The Hall–Kier alpha value is -1.64. The molecule has 1 aromatic rings. The van der Waals surface area contributed by atoms with Crippen LogP contribution in [0, 0.1) is 0 Å².